The predicted octanol–water partition coefficient (Wildman–Crippen LogP) is 8.18. The van der Waals surface area contributed by atoms with Crippen LogP contribution in [0.3, 0.4) is 0 Å². The lowest BCUT2D eigenvalue weighted by atomic mass is 9.78. The van der Waals surface area contributed by atoms with E-state index in [1.807, 2.05) is 20.8 Å². The van der Waals surface area contributed by atoms with Crippen LogP contribution < -0.4 is 20.6 Å². The Labute approximate surface area is 252 Å². The summed E-state index contributed by atoms with van der Waals surface area (Å²) in [5.41, 5.74) is 4.87. The standard InChI is InChI=1S/C37H46NOPS/c1-35(2,3)28-24-27(25-29(26-28)36(4,5)6)34(38-41(39)37(7,8)9)32-22-16-17-23-33(32)40(30-18-12-10-13-19-30)31-20-14-11-15-21-31/h10-26,34,38H,1-9H3/t34-,41?/m1/s1. The average Bonchev–Trinajstić information content (AvgIpc) is 2.91. The van der Waals surface area contributed by atoms with Crippen LogP contribution >= 0.6 is 7.92 Å². The summed E-state index contributed by atoms with van der Waals surface area (Å²) in [6, 6.07) is 37.2. The second kappa shape index (κ2) is 12.3. The molecule has 0 amide bonds. The van der Waals surface area contributed by atoms with Gasteiger partial charge in [0.05, 0.1) is 21.8 Å². The molecule has 4 heteroatoms. The smallest absolute Gasteiger partial charge is 0.0979 e. The number of hydrogen-bond donors (Lipinski definition) is 1. The number of hydrogen-bond acceptors (Lipinski definition) is 1. The van der Waals surface area contributed by atoms with Crippen molar-refractivity contribution >= 4 is 34.8 Å². The van der Waals surface area contributed by atoms with Crippen molar-refractivity contribution in [3.8, 4) is 0 Å². The van der Waals surface area contributed by atoms with Crippen molar-refractivity contribution in [2.24, 2.45) is 0 Å². The molecule has 0 aliphatic rings. The summed E-state index contributed by atoms with van der Waals surface area (Å²) in [5, 5.41) is 3.88. The van der Waals surface area contributed by atoms with Crippen LogP contribution in [0.4, 0.5) is 0 Å². The van der Waals surface area contributed by atoms with E-state index in [0.717, 1.165) is 5.56 Å². The summed E-state index contributed by atoms with van der Waals surface area (Å²) in [6.45, 7) is 19.7. The third-order valence-corrected chi connectivity index (χ3v) is 11.4. The molecule has 2 nitrogen and oxygen atoms in total. The quantitative estimate of drug-likeness (QED) is 0.219. The van der Waals surface area contributed by atoms with Crippen LogP contribution in [0.1, 0.15) is 90.6 Å². The lowest BCUT2D eigenvalue weighted by Crippen LogP contribution is -2.38. The van der Waals surface area contributed by atoms with Gasteiger partial charge in [0, 0.05) is 0 Å². The SMILES string of the molecule is CC(C)(C)c1cc([C@@H](NS(=O)C(C)(C)C)c2ccccc2P(c2ccccc2)c2ccccc2)cc(C(C)(C)C)c1. The van der Waals surface area contributed by atoms with E-state index in [1.165, 1.54) is 32.6 Å². The van der Waals surface area contributed by atoms with E-state index in [1.54, 1.807) is 0 Å². The maximum Gasteiger partial charge on any atom is 0.0979 e. The van der Waals surface area contributed by atoms with Crippen molar-refractivity contribution in [1.29, 1.82) is 0 Å². The van der Waals surface area contributed by atoms with Gasteiger partial charge in [-0.05, 0) is 77.7 Å². The molecule has 0 fully saturated rings. The molecular formula is C37H46NOPS. The first-order valence-electron chi connectivity index (χ1n) is 14.5. The minimum Gasteiger partial charge on any atom is -0.242 e. The number of nitrogens with one attached hydrogen (secondary N) is 1. The van der Waals surface area contributed by atoms with Crippen LogP contribution in [0.5, 0.6) is 0 Å². The molecule has 2 atom stereocenters. The molecule has 0 spiro atoms. The van der Waals surface area contributed by atoms with E-state index in [9.17, 15) is 4.21 Å². The normalized spacial score (nSPS) is 14.2. The zero-order valence-corrected chi connectivity index (χ0v) is 27.9. The second-order valence-corrected chi connectivity index (χ2v) is 18.0. The highest BCUT2D eigenvalue weighted by Crippen LogP contribution is 2.39. The molecule has 0 heterocycles. The average molecular weight is 584 g/mol. The molecular weight excluding hydrogens is 537 g/mol. The third kappa shape index (κ3) is 7.63. The van der Waals surface area contributed by atoms with Crippen molar-refractivity contribution in [3.05, 3.63) is 125 Å². The molecule has 0 saturated heterocycles. The molecule has 1 N–H and O–H groups in total. The fourth-order valence-electron chi connectivity index (χ4n) is 4.80. The van der Waals surface area contributed by atoms with Crippen molar-refractivity contribution in [2.45, 2.75) is 83.9 Å². The van der Waals surface area contributed by atoms with E-state index in [-0.39, 0.29) is 16.9 Å². The minimum atomic E-state index is -1.28. The molecule has 4 aromatic rings. The van der Waals surface area contributed by atoms with Crippen molar-refractivity contribution in [1.82, 2.24) is 4.72 Å². The van der Waals surface area contributed by atoms with E-state index in [2.05, 4.69) is 149 Å². The van der Waals surface area contributed by atoms with Gasteiger partial charge in [-0.3, -0.25) is 0 Å². The molecule has 216 valence electrons. The summed E-state index contributed by atoms with van der Waals surface area (Å²) < 4.78 is 17.0. The molecule has 0 aliphatic carbocycles. The highest BCUT2D eigenvalue weighted by molar-refractivity contribution is 7.84. The van der Waals surface area contributed by atoms with Gasteiger partial charge in [0.15, 0.2) is 0 Å². The second-order valence-electron chi connectivity index (χ2n) is 13.8. The van der Waals surface area contributed by atoms with Crippen molar-refractivity contribution in [2.75, 3.05) is 0 Å². The first-order valence-corrected chi connectivity index (χ1v) is 17.0. The third-order valence-electron chi connectivity index (χ3n) is 7.32. The largest absolute Gasteiger partial charge is 0.242 e. The first-order chi connectivity index (χ1) is 19.2. The van der Waals surface area contributed by atoms with E-state index >= 15 is 0 Å². The Morgan fingerprint density at radius 1 is 0.610 bits per heavy atom. The van der Waals surface area contributed by atoms with Crippen LogP contribution in [-0.4, -0.2) is 8.96 Å². The van der Waals surface area contributed by atoms with Crippen LogP contribution in [0, 0.1) is 0 Å². The summed E-state index contributed by atoms with van der Waals surface area (Å²) in [5.74, 6) is 0. The Bertz CT molecular complexity index is 1410. The van der Waals surface area contributed by atoms with E-state index in [4.69, 9.17) is 0 Å². The topological polar surface area (TPSA) is 29.1 Å². The van der Waals surface area contributed by atoms with Gasteiger partial charge in [-0.15, -0.1) is 0 Å². The molecule has 0 saturated carbocycles. The highest BCUT2D eigenvalue weighted by atomic mass is 32.2. The fraction of sp³-hybridized carbons (Fsp3) is 0.351. The fourth-order valence-corrected chi connectivity index (χ4v) is 8.12. The molecule has 0 aromatic heterocycles. The molecule has 4 rings (SSSR count). The van der Waals surface area contributed by atoms with Crippen LogP contribution in [0.2, 0.25) is 0 Å². The Morgan fingerprint density at radius 2 is 1.05 bits per heavy atom. The van der Waals surface area contributed by atoms with Gasteiger partial charge in [0.2, 0.25) is 0 Å². The van der Waals surface area contributed by atoms with Gasteiger partial charge in [-0.2, -0.15) is 0 Å². The maximum absolute atomic E-state index is 13.8. The van der Waals surface area contributed by atoms with Crippen LogP contribution in [0.25, 0.3) is 0 Å². The lowest BCUT2D eigenvalue weighted by Gasteiger charge is -2.32. The van der Waals surface area contributed by atoms with Crippen LogP contribution in [0.15, 0.2) is 103 Å². The van der Waals surface area contributed by atoms with Gasteiger partial charge in [0.25, 0.3) is 0 Å². The molecule has 0 radical (unpaired) electrons. The summed E-state index contributed by atoms with van der Waals surface area (Å²) in [7, 11) is -2.12. The first kappa shape index (κ1) is 31.4. The zero-order valence-electron chi connectivity index (χ0n) is 26.2. The Balaban J connectivity index is 2.01. The zero-order chi connectivity index (χ0) is 30.0. The predicted molar refractivity (Wildman–Crippen MR) is 182 cm³/mol. The molecule has 4 aromatic carbocycles. The summed E-state index contributed by atoms with van der Waals surface area (Å²) in [6.07, 6.45) is 0. The lowest BCUT2D eigenvalue weighted by molar-refractivity contribution is 0.564. The van der Waals surface area contributed by atoms with Gasteiger partial charge in [-0.25, -0.2) is 8.93 Å². The molecule has 1 unspecified atom stereocenters. The number of benzene rings is 4. The van der Waals surface area contributed by atoms with Crippen molar-refractivity contribution < 1.29 is 4.21 Å². The molecule has 0 bridgehead atoms. The van der Waals surface area contributed by atoms with Gasteiger partial charge in [-0.1, -0.05) is 145 Å². The Kier molecular flexibility index (Phi) is 9.44. The molecule has 41 heavy (non-hydrogen) atoms. The number of rotatable bonds is 7. The Morgan fingerprint density at radius 3 is 1.49 bits per heavy atom. The minimum absolute atomic E-state index is 0.0239. The van der Waals surface area contributed by atoms with Crippen LogP contribution in [-0.2, 0) is 21.8 Å². The maximum atomic E-state index is 13.8. The summed E-state index contributed by atoms with van der Waals surface area (Å²) >= 11 is 0. The molecule has 0 aliphatic heterocycles. The summed E-state index contributed by atoms with van der Waals surface area (Å²) in [4.78, 5) is 0. The van der Waals surface area contributed by atoms with Gasteiger partial charge in [0.1, 0.15) is 0 Å². The highest BCUT2D eigenvalue weighted by Gasteiger charge is 2.30. The monoisotopic (exact) mass is 583 g/mol. The Hall–Kier alpha value is -2.58. The van der Waals surface area contributed by atoms with E-state index < -0.39 is 23.7 Å². The van der Waals surface area contributed by atoms with Gasteiger partial charge >= 0.3 is 0 Å². The van der Waals surface area contributed by atoms with Crippen molar-refractivity contribution in [3.63, 3.8) is 0 Å². The van der Waals surface area contributed by atoms with E-state index in [0.29, 0.717) is 0 Å². The van der Waals surface area contributed by atoms with Gasteiger partial charge < -0.3 is 0 Å².